The molecule has 1 atom stereocenters. The van der Waals surface area contributed by atoms with Gasteiger partial charge in [-0.25, -0.2) is 0 Å². The van der Waals surface area contributed by atoms with Gasteiger partial charge in [-0.2, -0.15) is 11.8 Å². The van der Waals surface area contributed by atoms with Gasteiger partial charge in [0.15, 0.2) is 0 Å². The second kappa shape index (κ2) is 6.31. The number of rotatable bonds is 5. The zero-order chi connectivity index (χ0) is 12.1. The van der Waals surface area contributed by atoms with Crippen molar-refractivity contribution in [3.05, 3.63) is 34.4 Å². The fourth-order valence-electron chi connectivity index (χ4n) is 1.83. The van der Waals surface area contributed by atoms with Gasteiger partial charge in [0.1, 0.15) is 0 Å². The molecule has 16 heavy (non-hydrogen) atoms. The molecule has 0 spiro atoms. The maximum absolute atomic E-state index is 6.23. The topological polar surface area (TPSA) is 26.0 Å². The SMILES string of the molecule is CCCSCC(N)c1cc(C)c(C)cc1C. The fraction of sp³-hybridized carbons (Fsp3) is 0.571. The van der Waals surface area contributed by atoms with Gasteiger partial charge >= 0.3 is 0 Å². The van der Waals surface area contributed by atoms with E-state index in [-0.39, 0.29) is 6.04 Å². The maximum Gasteiger partial charge on any atom is 0.0389 e. The van der Waals surface area contributed by atoms with Gasteiger partial charge in [-0.05, 0) is 55.2 Å². The predicted molar refractivity (Wildman–Crippen MR) is 75.2 cm³/mol. The molecule has 0 fully saturated rings. The number of aryl methyl sites for hydroxylation is 3. The van der Waals surface area contributed by atoms with Crippen LogP contribution in [0.5, 0.6) is 0 Å². The summed E-state index contributed by atoms with van der Waals surface area (Å²) >= 11 is 1.95. The van der Waals surface area contributed by atoms with Crippen molar-refractivity contribution in [1.82, 2.24) is 0 Å². The van der Waals surface area contributed by atoms with E-state index in [1.165, 1.54) is 34.4 Å². The van der Waals surface area contributed by atoms with E-state index in [0.717, 1.165) is 5.75 Å². The van der Waals surface area contributed by atoms with Crippen molar-refractivity contribution >= 4 is 11.8 Å². The van der Waals surface area contributed by atoms with Gasteiger partial charge in [-0.1, -0.05) is 19.1 Å². The Morgan fingerprint density at radius 3 is 2.38 bits per heavy atom. The summed E-state index contributed by atoms with van der Waals surface area (Å²) in [7, 11) is 0. The molecule has 0 radical (unpaired) electrons. The average Bonchev–Trinajstić information content (AvgIpc) is 2.23. The number of nitrogens with two attached hydrogens (primary N) is 1. The first-order chi connectivity index (χ1) is 7.56. The van der Waals surface area contributed by atoms with E-state index in [4.69, 9.17) is 5.73 Å². The highest BCUT2D eigenvalue weighted by Gasteiger charge is 2.10. The van der Waals surface area contributed by atoms with Crippen LogP contribution >= 0.6 is 11.8 Å². The molecule has 0 heterocycles. The molecular formula is C14H23NS. The molecule has 0 bridgehead atoms. The van der Waals surface area contributed by atoms with Crippen LogP contribution in [-0.2, 0) is 0 Å². The van der Waals surface area contributed by atoms with Gasteiger partial charge in [0.2, 0.25) is 0 Å². The Balaban J connectivity index is 2.75. The van der Waals surface area contributed by atoms with Crippen LogP contribution in [0.15, 0.2) is 12.1 Å². The van der Waals surface area contributed by atoms with E-state index in [1.54, 1.807) is 0 Å². The quantitative estimate of drug-likeness (QED) is 0.789. The Morgan fingerprint density at radius 1 is 1.12 bits per heavy atom. The number of hydrogen-bond donors (Lipinski definition) is 1. The molecule has 1 unspecified atom stereocenters. The molecule has 0 aromatic heterocycles. The minimum absolute atomic E-state index is 0.177. The standard InChI is InChI=1S/C14H23NS/c1-5-6-16-9-14(15)13-8-11(3)10(2)7-12(13)4/h7-8,14H,5-6,9,15H2,1-4H3. The summed E-state index contributed by atoms with van der Waals surface area (Å²) in [5, 5.41) is 0. The van der Waals surface area contributed by atoms with Crippen molar-refractivity contribution in [2.24, 2.45) is 5.73 Å². The molecule has 90 valence electrons. The lowest BCUT2D eigenvalue weighted by atomic mass is 9.97. The Labute approximate surface area is 104 Å². The van der Waals surface area contributed by atoms with Crippen molar-refractivity contribution in [3.8, 4) is 0 Å². The smallest absolute Gasteiger partial charge is 0.0389 e. The lowest BCUT2D eigenvalue weighted by Crippen LogP contribution is -2.15. The Bertz CT molecular complexity index is 347. The molecule has 1 nitrogen and oxygen atoms in total. The van der Waals surface area contributed by atoms with Crippen molar-refractivity contribution in [1.29, 1.82) is 0 Å². The molecule has 0 saturated heterocycles. The van der Waals surface area contributed by atoms with Crippen LogP contribution in [0.1, 0.15) is 41.6 Å². The summed E-state index contributed by atoms with van der Waals surface area (Å²) in [6.45, 7) is 8.68. The van der Waals surface area contributed by atoms with E-state index in [1.807, 2.05) is 11.8 Å². The largest absolute Gasteiger partial charge is 0.323 e. The van der Waals surface area contributed by atoms with E-state index >= 15 is 0 Å². The summed E-state index contributed by atoms with van der Waals surface area (Å²) in [4.78, 5) is 0. The van der Waals surface area contributed by atoms with Crippen LogP contribution in [0.4, 0.5) is 0 Å². The number of hydrogen-bond acceptors (Lipinski definition) is 2. The summed E-state index contributed by atoms with van der Waals surface area (Å²) in [5.74, 6) is 2.23. The van der Waals surface area contributed by atoms with Gasteiger partial charge < -0.3 is 5.73 Å². The van der Waals surface area contributed by atoms with Crippen molar-refractivity contribution in [2.75, 3.05) is 11.5 Å². The third-order valence-electron chi connectivity index (χ3n) is 2.93. The fourth-order valence-corrected chi connectivity index (χ4v) is 2.72. The molecule has 0 saturated carbocycles. The van der Waals surface area contributed by atoms with Crippen molar-refractivity contribution in [2.45, 2.75) is 40.2 Å². The minimum Gasteiger partial charge on any atom is -0.323 e. The first kappa shape index (κ1) is 13.6. The molecule has 0 aliphatic rings. The van der Waals surface area contributed by atoms with E-state index < -0.39 is 0 Å². The second-order valence-electron chi connectivity index (χ2n) is 4.47. The molecule has 0 amide bonds. The van der Waals surface area contributed by atoms with E-state index in [0.29, 0.717) is 0 Å². The van der Waals surface area contributed by atoms with E-state index in [2.05, 4.69) is 39.8 Å². The maximum atomic E-state index is 6.23. The Kier molecular flexibility index (Phi) is 5.36. The highest BCUT2D eigenvalue weighted by Crippen LogP contribution is 2.23. The molecule has 1 aromatic carbocycles. The molecule has 1 rings (SSSR count). The summed E-state index contributed by atoms with van der Waals surface area (Å²) < 4.78 is 0. The lowest BCUT2D eigenvalue weighted by molar-refractivity contribution is 0.819. The predicted octanol–water partition coefficient (Wildman–Crippen LogP) is 3.75. The third kappa shape index (κ3) is 3.53. The highest BCUT2D eigenvalue weighted by atomic mass is 32.2. The van der Waals surface area contributed by atoms with Crippen molar-refractivity contribution < 1.29 is 0 Å². The first-order valence-corrected chi connectivity index (χ1v) is 7.12. The lowest BCUT2D eigenvalue weighted by Gasteiger charge is -2.16. The van der Waals surface area contributed by atoms with E-state index in [9.17, 15) is 0 Å². The summed E-state index contributed by atoms with van der Waals surface area (Å²) in [5.41, 5.74) is 11.6. The minimum atomic E-state index is 0.177. The molecule has 0 aliphatic heterocycles. The monoisotopic (exact) mass is 237 g/mol. The van der Waals surface area contributed by atoms with Gasteiger partial charge in [-0.15, -0.1) is 0 Å². The van der Waals surface area contributed by atoms with Gasteiger partial charge in [0, 0.05) is 11.8 Å². The highest BCUT2D eigenvalue weighted by molar-refractivity contribution is 7.99. The molecular weight excluding hydrogens is 214 g/mol. The zero-order valence-electron chi connectivity index (χ0n) is 10.8. The van der Waals surface area contributed by atoms with Crippen LogP contribution in [0, 0.1) is 20.8 Å². The average molecular weight is 237 g/mol. The Hall–Kier alpha value is -0.470. The molecule has 0 aliphatic carbocycles. The van der Waals surface area contributed by atoms with Crippen LogP contribution in [-0.4, -0.2) is 11.5 Å². The van der Waals surface area contributed by atoms with Crippen LogP contribution in [0.25, 0.3) is 0 Å². The normalized spacial score (nSPS) is 12.8. The summed E-state index contributed by atoms with van der Waals surface area (Å²) in [6.07, 6.45) is 1.23. The van der Waals surface area contributed by atoms with Crippen LogP contribution in [0.3, 0.4) is 0 Å². The summed E-state index contributed by atoms with van der Waals surface area (Å²) in [6, 6.07) is 4.67. The number of benzene rings is 1. The second-order valence-corrected chi connectivity index (χ2v) is 5.62. The van der Waals surface area contributed by atoms with Crippen LogP contribution in [0.2, 0.25) is 0 Å². The van der Waals surface area contributed by atoms with Gasteiger partial charge in [0.05, 0.1) is 0 Å². The molecule has 1 aromatic rings. The van der Waals surface area contributed by atoms with Gasteiger partial charge in [0.25, 0.3) is 0 Å². The molecule has 2 heteroatoms. The Morgan fingerprint density at radius 2 is 1.75 bits per heavy atom. The molecule has 2 N–H and O–H groups in total. The van der Waals surface area contributed by atoms with Crippen molar-refractivity contribution in [3.63, 3.8) is 0 Å². The first-order valence-electron chi connectivity index (χ1n) is 5.97. The van der Waals surface area contributed by atoms with Gasteiger partial charge in [-0.3, -0.25) is 0 Å². The third-order valence-corrected chi connectivity index (χ3v) is 4.22. The number of thioether (sulfide) groups is 1. The zero-order valence-corrected chi connectivity index (χ0v) is 11.7. The van der Waals surface area contributed by atoms with Crippen LogP contribution < -0.4 is 5.73 Å².